The van der Waals surface area contributed by atoms with Crippen molar-refractivity contribution in [3.8, 4) is 0 Å². The van der Waals surface area contributed by atoms with E-state index in [4.69, 9.17) is 0 Å². The number of fused-ring (bicyclic) bond motifs is 1. The summed E-state index contributed by atoms with van der Waals surface area (Å²) in [6, 6.07) is 8.50. The van der Waals surface area contributed by atoms with Crippen molar-refractivity contribution in [1.29, 1.82) is 0 Å². The molecular formula is C20H28N6. The molecule has 138 valence electrons. The average molecular weight is 352 g/mol. The predicted octanol–water partition coefficient (Wildman–Crippen LogP) is 2.72. The summed E-state index contributed by atoms with van der Waals surface area (Å²) in [5.74, 6) is 1.30. The molecule has 0 amide bonds. The van der Waals surface area contributed by atoms with Crippen molar-refractivity contribution in [1.82, 2.24) is 25.4 Å². The van der Waals surface area contributed by atoms with Crippen LogP contribution in [0.15, 0.2) is 47.8 Å². The van der Waals surface area contributed by atoms with Gasteiger partial charge in [0.15, 0.2) is 5.96 Å². The largest absolute Gasteiger partial charge is 0.361 e. The summed E-state index contributed by atoms with van der Waals surface area (Å²) in [7, 11) is 1.81. The summed E-state index contributed by atoms with van der Waals surface area (Å²) < 4.78 is 1.96. The third kappa shape index (κ3) is 4.65. The molecule has 6 heteroatoms. The first-order chi connectivity index (χ1) is 12.7. The monoisotopic (exact) mass is 352 g/mol. The minimum Gasteiger partial charge on any atom is -0.361 e. The van der Waals surface area contributed by atoms with Gasteiger partial charge in [-0.05, 0) is 42.5 Å². The van der Waals surface area contributed by atoms with Crippen LogP contribution in [0, 0.1) is 12.8 Å². The predicted molar refractivity (Wildman–Crippen MR) is 107 cm³/mol. The summed E-state index contributed by atoms with van der Waals surface area (Å²) in [4.78, 5) is 7.67. The number of benzene rings is 1. The maximum atomic E-state index is 4.31. The van der Waals surface area contributed by atoms with E-state index in [1.807, 2.05) is 30.2 Å². The lowest BCUT2D eigenvalue weighted by Crippen LogP contribution is -2.40. The third-order valence-corrected chi connectivity index (χ3v) is 4.51. The van der Waals surface area contributed by atoms with Crippen molar-refractivity contribution in [2.75, 3.05) is 20.1 Å². The number of aromatic amines is 1. The van der Waals surface area contributed by atoms with Crippen molar-refractivity contribution >= 4 is 16.9 Å². The van der Waals surface area contributed by atoms with E-state index in [9.17, 15) is 0 Å². The average Bonchev–Trinajstić information content (AvgIpc) is 3.27. The molecule has 0 spiro atoms. The van der Waals surface area contributed by atoms with Gasteiger partial charge in [-0.15, -0.1) is 0 Å². The second-order valence-electron chi connectivity index (χ2n) is 6.83. The first-order valence-corrected chi connectivity index (χ1v) is 9.14. The molecule has 0 aliphatic carbocycles. The quantitative estimate of drug-likeness (QED) is 0.452. The number of aliphatic imine (C=N–C) groups is 1. The molecule has 1 aromatic carbocycles. The van der Waals surface area contributed by atoms with Crippen molar-refractivity contribution in [2.45, 2.75) is 26.8 Å². The fraction of sp³-hybridized carbons (Fsp3) is 0.400. The molecule has 0 fully saturated rings. The van der Waals surface area contributed by atoms with Crippen LogP contribution in [0.2, 0.25) is 0 Å². The second kappa shape index (κ2) is 8.56. The normalized spacial score (nSPS) is 13.1. The van der Waals surface area contributed by atoms with Crippen molar-refractivity contribution < 1.29 is 0 Å². The van der Waals surface area contributed by atoms with Crippen LogP contribution in [0.3, 0.4) is 0 Å². The molecule has 0 aliphatic heterocycles. The van der Waals surface area contributed by atoms with E-state index in [1.54, 1.807) is 0 Å². The zero-order valence-electron chi connectivity index (χ0n) is 15.8. The lowest BCUT2D eigenvalue weighted by Gasteiger charge is -2.16. The Hall–Kier alpha value is -2.76. The number of hydrogen-bond donors (Lipinski definition) is 3. The first kappa shape index (κ1) is 18.0. The van der Waals surface area contributed by atoms with Crippen LogP contribution in [-0.4, -0.2) is 40.9 Å². The Morgan fingerprint density at radius 2 is 2.23 bits per heavy atom. The van der Waals surface area contributed by atoms with E-state index in [0.717, 1.165) is 32.0 Å². The van der Waals surface area contributed by atoms with Crippen LogP contribution in [-0.2, 0) is 13.0 Å². The number of guanidine groups is 1. The Morgan fingerprint density at radius 3 is 3.00 bits per heavy atom. The molecule has 0 saturated carbocycles. The van der Waals surface area contributed by atoms with Crippen molar-refractivity contribution in [2.24, 2.45) is 10.9 Å². The highest BCUT2D eigenvalue weighted by Gasteiger charge is 2.07. The van der Waals surface area contributed by atoms with Gasteiger partial charge in [0.1, 0.15) is 0 Å². The molecule has 1 atom stereocenters. The van der Waals surface area contributed by atoms with Gasteiger partial charge in [0, 0.05) is 56.2 Å². The number of rotatable bonds is 7. The summed E-state index contributed by atoms with van der Waals surface area (Å²) in [5, 5.41) is 12.3. The van der Waals surface area contributed by atoms with E-state index in [-0.39, 0.29) is 0 Å². The molecule has 0 bridgehead atoms. The van der Waals surface area contributed by atoms with Crippen LogP contribution in [0.25, 0.3) is 10.9 Å². The van der Waals surface area contributed by atoms with Gasteiger partial charge in [-0.3, -0.25) is 9.67 Å². The molecule has 6 nitrogen and oxygen atoms in total. The SMILES string of the molecule is CN=C(NCCc1c[nH]c2cc(C)ccc12)NCC(C)Cn1cccn1. The lowest BCUT2D eigenvalue weighted by molar-refractivity contribution is 0.443. The molecular weight excluding hydrogens is 324 g/mol. The van der Waals surface area contributed by atoms with Gasteiger partial charge in [0.2, 0.25) is 0 Å². The Kier molecular flexibility index (Phi) is 5.94. The molecule has 3 aromatic rings. The summed E-state index contributed by atoms with van der Waals surface area (Å²) in [5.41, 5.74) is 3.81. The molecule has 0 saturated heterocycles. The van der Waals surface area contributed by atoms with Crippen molar-refractivity contribution in [3.63, 3.8) is 0 Å². The van der Waals surface area contributed by atoms with E-state index >= 15 is 0 Å². The zero-order valence-corrected chi connectivity index (χ0v) is 15.8. The highest BCUT2D eigenvalue weighted by atomic mass is 15.3. The van der Waals surface area contributed by atoms with Gasteiger partial charge in [-0.2, -0.15) is 5.10 Å². The molecule has 3 rings (SSSR count). The van der Waals surface area contributed by atoms with Gasteiger partial charge in [0.05, 0.1) is 0 Å². The summed E-state index contributed by atoms with van der Waals surface area (Å²) in [6.45, 7) is 6.91. The fourth-order valence-corrected chi connectivity index (χ4v) is 3.11. The standard InChI is InChI=1S/C20H28N6/c1-15-5-6-18-17(13-23-19(18)11-15)7-9-22-20(21-3)24-12-16(2)14-26-10-4-8-25-26/h4-6,8,10-11,13,16,23H,7,9,12,14H2,1-3H3,(H2,21,22,24). The molecule has 26 heavy (non-hydrogen) atoms. The van der Waals surface area contributed by atoms with Crippen LogP contribution < -0.4 is 10.6 Å². The lowest BCUT2D eigenvalue weighted by atomic mass is 10.1. The number of H-pyrrole nitrogens is 1. The topological polar surface area (TPSA) is 70.0 Å². The molecule has 2 aromatic heterocycles. The first-order valence-electron chi connectivity index (χ1n) is 9.14. The van der Waals surface area contributed by atoms with E-state index in [2.05, 4.69) is 64.0 Å². The number of hydrogen-bond acceptors (Lipinski definition) is 2. The second-order valence-corrected chi connectivity index (χ2v) is 6.83. The number of nitrogens with zero attached hydrogens (tertiary/aromatic N) is 3. The highest BCUT2D eigenvalue weighted by Crippen LogP contribution is 2.19. The van der Waals surface area contributed by atoms with Gasteiger partial charge in [0.25, 0.3) is 0 Å². The molecule has 0 radical (unpaired) electrons. The van der Waals surface area contributed by atoms with E-state index in [1.165, 1.54) is 22.0 Å². The Morgan fingerprint density at radius 1 is 1.35 bits per heavy atom. The Labute approximate surface area is 154 Å². The molecule has 0 aliphatic rings. The zero-order chi connectivity index (χ0) is 18.4. The number of nitrogens with one attached hydrogen (secondary N) is 3. The van der Waals surface area contributed by atoms with Crippen molar-refractivity contribution in [3.05, 3.63) is 54.0 Å². The minimum absolute atomic E-state index is 0.463. The smallest absolute Gasteiger partial charge is 0.190 e. The molecule has 1 unspecified atom stereocenters. The number of aryl methyl sites for hydroxylation is 1. The number of aromatic nitrogens is 3. The maximum absolute atomic E-state index is 4.31. The van der Waals surface area contributed by atoms with Gasteiger partial charge < -0.3 is 15.6 Å². The summed E-state index contributed by atoms with van der Waals surface area (Å²) >= 11 is 0. The fourth-order valence-electron chi connectivity index (χ4n) is 3.11. The van der Waals surface area contributed by atoms with Gasteiger partial charge in [-0.25, -0.2) is 0 Å². The maximum Gasteiger partial charge on any atom is 0.190 e. The van der Waals surface area contributed by atoms with E-state index < -0.39 is 0 Å². The minimum atomic E-state index is 0.463. The van der Waals surface area contributed by atoms with Crippen LogP contribution in [0.1, 0.15) is 18.1 Å². The van der Waals surface area contributed by atoms with Crippen LogP contribution >= 0.6 is 0 Å². The van der Waals surface area contributed by atoms with Gasteiger partial charge in [-0.1, -0.05) is 19.1 Å². The molecule has 3 N–H and O–H groups in total. The third-order valence-electron chi connectivity index (χ3n) is 4.51. The van der Waals surface area contributed by atoms with Crippen LogP contribution in [0.4, 0.5) is 0 Å². The Balaban J connectivity index is 1.45. The van der Waals surface area contributed by atoms with Crippen LogP contribution in [0.5, 0.6) is 0 Å². The molecule has 2 heterocycles. The summed E-state index contributed by atoms with van der Waals surface area (Å²) in [6.07, 6.45) is 6.86. The Bertz CT molecular complexity index is 846. The highest BCUT2D eigenvalue weighted by molar-refractivity contribution is 5.84. The van der Waals surface area contributed by atoms with Gasteiger partial charge >= 0.3 is 0 Å². The van der Waals surface area contributed by atoms with E-state index in [0.29, 0.717) is 5.92 Å².